The average molecular weight is 403 g/mol. The number of aromatic nitrogens is 3. The molecule has 0 saturated carbocycles. The zero-order chi connectivity index (χ0) is 20.7. The van der Waals surface area contributed by atoms with Crippen molar-refractivity contribution in [2.24, 2.45) is 0 Å². The number of nitrogens with one attached hydrogen (secondary N) is 1. The van der Waals surface area contributed by atoms with Crippen molar-refractivity contribution < 1.29 is 4.79 Å². The number of nitrogens with zero attached hydrogens (tertiary/aromatic N) is 5. The summed E-state index contributed by atoms with van der Waals surface area (Å²) in [5.74, 6) is 1.91. The summed E-state index contributed by atoms with van der Waals surface area (Å²) in [5, 5.41) is 5.19. The molecule has 0 spiro atoms. The first-order valence-corrected chi connectivity index (χ1v) is 10.5. The number of fused-ring (bicyclic) bond motifs is 2. The average Bonchev–Trinajstić information content (AvgIpc) is 3.27. The second-order valence-corrected chi connectivity index (χ2v) is 8.21. The van der Waals surface area contributed by atoms with E-state index in [1.54, 1.807) is 6.20 Å². The van der Waals surface area contributed by atoms with Crippen molar-refractivity contribution >= 4 is 22.5 Å². The Labute approximate surface area is 176 Å². The molecule has 30 heavy (non-hydrogen) atoms. The highest BCUT2D eigenvalue weighted by Crippen LogP contribution is 2.30. The summed E-state index contributed by atoms with van der Waals surface area (Å²) in [6.45, 7) is 3.19. The molecule has 7 heteroatoms. The molecule has 7 nitrogen and oxygen atoms in total. The fourth-order valence-corrected chi connectivity index (χ4v) is 4.57. The van der Waals surface area contributed by atoms with Gasteiger partial charge in [-0.3, -0.25) is 9.78 Å². The molecular weight excluding hydrogens is 376 g/mol. The SMILES string of the molecule is CNc1nc([C@H]2CCN(C(=O)c3nccc4ccccc34)C2)nc2c1CCN(C)C2. The van der Waals surface area contributed by atoms with Gasteiger partial charge in [0.25, 0.3) is 5.91 Å². The fourth-order valence-electron chi connectivity index (χ4n) is 4.57. The number of likely N-dealkylation sites (N-methyl/N-ethyl adjacent to an activating group) is 1. The van der Waals surface area contributed by atoms with Crippen LogP contribution in [0.2, 0.25) is 0 Å². The smallest absolute Gasteiger partial charge is 0.273 e. The van der Waals surface area contributed by atoms with Gasteiger partial charge in [-0.1, -0.05) is 24.3 Å². The van der Waals surface area contributed by atoms with Gasteiger partial charge in [0.05, 0.1) is 5.69 Å². The number of benzene rings is 1. The molecule has 1 fully saturated rings. The molecule has 0 unspecified atom stereocenters. The summed E-state index contributed by atoms with van der Waals surface area (Å²) in [4.78, 5) is 31.6. The van der Waals surface area contributed by atoms with Crippen LogP contribution >= 0.6 is 0 Å². The Balaban J connectivity index is 1.41. The highest BCUT2D eigenvalue weighted by Gasteiger charge is 2.32. The monoisotopic (exact) mass is 402 g/mol. The Morgan fingerprint density at radius 1 is 1.17 bits per heavy atom. The Kier molecular flexibility index (Phi) is 4.83. The lowest BCUT2D eigenvalue weighted by Gasteiger charge is -2.26. The van der Waals surface area contributed by atoms with Gasteiger partial charge in [-0.2, -0.15) is 0 Å². The summed E-state index contributed by atoms with van der Waals surface area (Å²) in [5.41, 5.74) is 2.86. The van der Waals surface area contributed by atoms with Crippen LogP contribution in [0.25, 0.3) is 10.8 Å². The maximum absolute atomic E-state index is 13.2. The largest absolute Gasteiger partial charge is 0.373 e. The van der Waals surface area contributed by atoms with Crippen molar-refractivity contribution in [1.82, 2.24) is 24.8 Å². The molecule has 0 bridgehead atoms. The normalized spacial score (nSPS) is 19.1. The van der Waals surface area contributed by atoms with Crippen molar-refractivity contribution in [1.29, 1.82) is 0 Å². The number of amides is 1. The third-order valence-electron chi connectivity index (χ3n) is 6.23. The van der Waals surface area contributed by atoms with Crippen molar-refractivity contribution in [3.63, 3.8) is 0 Å². The molecule has 2 aliphatic rings. The van der Waals surface area contributed by atoms with E-state index in [4.69, 9.17) is 9.97 Å². The zero-order valence-electron chi connectivity index (χ0n) is 17.4. The Hall–Kier alpha value is -3.06. The first kappa shape index (κ1) is 18.9. The Bertz CT molecular complexity index is 1110. The molecule has 2 aliphatic heterocycles. The minimum atomic E-state index is -0.0131. The molecule has 5 rings (SSSR count). The van der Waals surface area contributed by atoms with Crippen LogP contribution in [0.1, 0.15) is 39.9 Å². The van der Waals surface area contributed by atoms with Gasteiger partial charge in [-0.25, -0.2) is 9.97 Å². The van der Waals surface area contributed by atoms with Gasteiger partial charge in [0, 0.05) is 56.3 Å². The Morgan fingerprint density at radius 2 is 2.03 bits per heavy atom. The van der Waals surface area contributed by atoms with Gasteiger partial charge in [0.15, 0.2) is 0 Å². The van der Waals surface area contributed by atoms with Gasteiger partial charge in [0.2, 0.25) is 0 Å². The van der Waals surface area contributed by atoms with Crippen molar-refractivity contribution in [2.75, 3.05) is 39.0 Å². The predicted molar refractivity (Wildman–Crippen MR) is 117 cm³/mol. The number of likely N-dealkylation sites (tertiary alicyclic amines) is 1. The second-order valence-electron chi connectivity index (χ2n) is 8.21. The zero-order valence-corrected chi connectivity index (χ0v) is 17.4. The topological polar surface area (TPSA) is 74.2 Å². The lowest BCUT2D eigenvalue weighted by atomic mass is 10.0. The van der Waals surface area contributed by atoms with Gasteiger partial charge >= 0.3 is 0 Å². The van der Waals surface area contributed by atoms with Crippen LogP contribution in [0.15, 0.2) is 36.5 Å². The lowest BCUT2D eigenvalue weighted by molar-refractivity contribution is 0.0787. The minimum Gasteiger partial charge on any atom is -0.373 e. The van der Waals surface area contributed by atoms with Crippen molar-refractivity contribution in [3.05, 3.63) is 59.3 Å². The number of anilines is 1. The van der Waals surface area contributed by atoms with Crippen molar-refractivity contribution in [3.8, 4) is 0 Å². The molecule has 1 saturated heterocycles. The van der Waals surface area contributed by atoms with E-state index in [2.05, 4.69) is 22.2 Å². The van der Waals surface area contributed by atoms with Crippen LogP contribution in [-0.4, -0.2) is 64.4 Å². The maximum atomic E-state index is 13.2. The van der Waals surface area contributed by atoms with Gasteiger partial charge in [0.1, 0.15) is 17.3 Å². The van der Waals surface area contributed by atoms with Crippen molar-refractivity contribution in [2.45, 2.75) is 25.3 Å². The molecule has 1 aromatic carbocycles. The minimum absolute atomic E-state index is 0.0131. The van der Waals surface area contributed by atoms with Crippen LogP contribution < -0.4 is 5.32 Å². The highest BCUT2D eigenvalue weighted by molar-refractivity contribution is 6.05. The molecule has 3 aromatic rings. The van der Waals surface area contributed by atoms with E-state index in [1.165, 1.54) is 5.56 Å². The van der Waals surface area contributed by atoms with E-state index in [0.717, 1.165) is 54.0 Å². The van der Waals surface area contributed by atoms with Crippen LogP contribution in [0.5, 0.6) is 0 Å². The van der Waals surface area contributed by atoms with E-state index in [9.17, 15) is 4.79 Å². The fraction of sp³-hybridized carbons (Fsp3) is 0.391. The van der Waals surface area contributed by atoms with Gasteiger partial charge in [-0.15, -0.1) is 0 Å². The molecule has 1 amide bonds. The van der Waals surface area contributed by atoms with Crippen LogP contribution in [0.4, 0.5) is 5.82 Å². The molecule has 0 aliphatic carbocycles. The third-order valence-corrected chi connectivity index (χ3v) is 6.23. The molecule has 4 heterocycles. The summed E-state index contributed by atoms with van der Waals surface area (Å²) < 4.78 is 0. The van der Waals surface area contributed by atoms with E-state index in [0.29, 0.717) is 18.8 Å². The first-order valence-electron chi connectivity index (χ1n) is 10.5. The summed E-state index contributed by atoms with van der Waals surface area (Å²) in [6.07, 6.45) is 3.55. The predicted octanol–water partition coefficient (Wildman–Crippen LogP) is 2.68. The number of carbonyl (C=O) groups excluding carboxylic acids is 1. The molecule has 1 atom stereocenters. The number of pyridine rings is 1. The van der Waals surface area contributed by atoms with E-state index >= 15 is 0 Å². The standard InChI is InChI=1S/C23H26N6O/c1-24-22-18-9-11-28(2)14-19(18)26-21(27-22)16-8-12-29(13-16)23(30)20-17-6-4-3-5-15(17)7-10-25-20/h3-7,10,16H,8-9,11-14H2,1-2H3,(H,24,26,27)/t16-/m0/s1. The highest BCUT2D eigenvalue weighted by atomic mass is 16.2. The quantitative estimate of drug-likeness (QED) is 0.726. The van der Waals surface area contributed by atoms with Gasteiger partial charge in [-0.05, 0) is 31.3 Å². The first-order chi connectivity index (χ1) is 14.6. The number of hydrogen-bond donors (Lipinski definition) is 1. The molecule has 154 valence electrons. The van der Waals surface area contributed by atoms with Gasteiger partial charge < -0.3 is 15.1 Å². The molecule has 1 N–H and O–H groups in total. The third kappa shape index (κ3) is 3.29. The molecular formula is C23H26N6O. The summed E-state index contributed by atoms with van der Waals surface area (Å²) >= 11 is 0. The number of carbonyl (C=O) groups is 1. The number of rotatable bonds is 3. The van der Waals surface area contributed by atoms with E-state index in [1.807, 2.05) is 42.3 Å². The summed E-state index contributed by atoms with van der Waals surface area (Å²) in [7, 11) is 4.04. The molecule has 2 aromatic heterocycles. The van der Waals surface area contributed by atoms with Crippen LogP contribution in [0, 0.1) is 0 Å². The number of hydrogen-bond acceptors (Lipinski definition) is 6. The van der Waals surface area contributed by atoms with E-state index in [-0.39, 0.29) is 11.8 Å². The van der Waals surface area contributed by atoms with Crippen LogP contribution in [-0.2, 0) is 13.0 Å². The van der Waals surface area contributed by atoms with Crippen LogP contribution in [0.3, 0.4) is 0 Å². The summed E-state index contributed by atoms with van der Waals surface area (Å²) in [6, 6.07) is 9.84. The second kappa shape index (κ2) is 7.65. The lowest BCUT2D eigenvalue weighted by Crippen LogP contribution is -2.30. The Morgan fingerprint density at radius 3 is 2.90 bits per heavy atom. The maximum Gasteiger partial charge on any atom is 0.273 e. The van der Waals surface area contributed by atoms with E-state index < -0.39 is 0 Å². The molecule has 0 radical (unpaired) electrons.